The van der Waals surface area contributed by atoms with Crippen LogP contribution in [0.15, 0.2) is 67.4 Å². The molecule has 6 heteroatoms. The molecule has 0 spiro atoms. The molecule has 1 unspecified atom stereocenters. The van der Waals surface area contributed by atoms with Crippen LogP contribution in [0, 0.1) is 0 Å². The van der Waals surface area contributed by atoms with E-state index in [-0.39, 0.29) is 11.8 Å². The number of carbonyl (C=O) groups excluding carboxylic acids is 1. The van der Waals surface area contributed by atoms with Crippen molar-refractivity contribution in [1.82, 2.24) is 15.0 Å². The average molecular weight is 334 g/mol. The lowest BCUT2D eigenvalue weighted by molar-refractivity contribution is -0.116. The summed E-state index contributed by atoms with van der Waals surface area (Å²) in [5.41, 5.74) is 1.82. The summed E-state index contributed by atoms with van der Waals surface area (Å²) >= 11 is 0. The Morgan fingerprint density at radius 3 is 2.48 bits per heavy atom. The fraction of sp³-hybridized carbons (Fsp3) is 0.158. The maximum absolute atomic E-state index is 12.2. The molecule has 0 saturated carbocycles. The van der Waals surface area contributed by atoms with Crippen molar-refractivity contribution >= 4 is 11.6 Å². The number of anilines is 1. The topological polar surface area (TPSA) is 77.0 Å². The highest BCUT2D eigenvalue weighted by molar-refractivity contribution is 5.91. The van der Waals surface area contributed by atoms with Gasteiger partial charge in [0.2, 0.25) is 11.8 Å². The summed E-state index contributed by atoms with van der Waals surface area (Å²) in [7, 11) is 0. The standard InChI is InChI=1S/C19H18N4O2/c1-14(15-6-8-20-9-7-15)12-18(24)23-16-2-4-17(5-3-16)25-19-13-21-10-11-22-19/h2-11,13-14H,12H2,1H3,(H,23,24). The molecule has 2 heterocycles. The number of benzene rings is 1. The largest absolute Gasteiger partial charge is 0.438 e. The zero-order chi connectivity index (χ0) is 17.5. The van der Waals surface area contributed by atoms with Crippen LogP contribution in [0.25, 0.3) is 0 Å². The van der Waals surface area contributed by atoms with Gasteiger partial charge in [0, 0.05) is 36.9 Å². The van der Waals surface area contributed by atoms with Gasteiger partial charge in [0.25, 0.3) is 0 Å². The summed E-state index contributed by atoms with van der Waals surface area (Å²) in [4.78, 5) is 24.2. The number of ether oxygens (including phenoxy) is 1. The van der Waals surface area contributed by atoms with E-state index in [9.17, 15) is 4.79 Å². The van der Waals surface area contributed by atoms with Gasteiger partial charge in [-0.15, -0.1) is 0 Å². The fourth-order valence-corrected chi connectivity index (χ4v) is 2.37. The molecule has 1 N–H and O–H groups in total. The molecular weight excluding hydrogens is 316 g/mol. The third-order valence-electron chi connectivity index (χ3n) is 3.67. The smallest absolute Gasteiger partial charge is 0.237 e. The van der Waals surface area contributed by atoms with Crippen molar-refractivity contribution in [3.8, 4) is 11.6 Å². The molecule has 3 rings (SSSR count). The maximum Gasteiger partial charge on any atom is 0.237 e. The van der Waals surface area contributed by atoms with E-state index in [0.717, 1.165) is 11.3 Å². The molecule has 0 aliphatic heterocycles. The first-order valence-electron chi connectivity index (χ1n) is 7.94. The van der Waals surface area contributed by atoms with Gasteiger partial charge >= 0.3 is 0 Å². The first kappa shape index (κ1) is 16.6. The monoisotopic (exact) mass is 334 g/mol. The highest BCUT2D eigenvalue weighted by Crippen LogP contribution is 2.22. The van der Waals surface area contributed by atoms with Crippen molar-refractivity contribution in [2.75, 3.05) is 5.32 Å². The number of nitrogens with one attached hydrogen (secondary N) is 1. The molecule has 0 radical (unpaired) electrons. The van der Waals surface area contributed by atoms with E-state index < -0.39 is 0 Å². The summed E-state index contributed by atoms with van der Waals surface area (Å²) in [6, 6.07) is 11.0. The third kappa shape index (κ3) is 4.84. The quantitative estimate of drug-likeness (QED) is 0.742. The summed E-state index contributed by atoms with van der Waals surface area (Å²) in [6.45, 7) is 2.02. The lowest BCUT2D eigenvalue weighted by Gasteiger charge is -2.12. The van der Waals surface area contributed by atoms with Crippen LogP contribution in [-0.2, 0) is 4.79 Å². The second-order valence-electron chi connectivity index (χ2n) is 5.60. The molecule has 126 valence electrons. The van der Waals surface area contributed by atoms with Gasteiger partial charge in [-0.2, -0.15) is 0 Å². The Kier molecular flexibility index (Phi) is 5.31. The minimum atomic E-state index is -0.0353. The van der Waals surface area contributed by atoms with E-state index in [4.69, 9.17) is 4.74 Å². The van der Waals surface area contributed by atoms with E-state index >= 15 is 0 Å². The molecule has 2 aromatic heterocycles. The minimum absolute atomic E-state index is 0.0353. The summed E-state index contributed by atoms with van der Waals surface area (Å²) in [6.07, 6.45) is 8.56. The first-order valence-corrected chi connectivity index (χ1v) is 7.94. The molecule has 3 aromatic rings. The molecule has 6 nitrogen and oxygen atoms in total. The van der Waals surface area contributed by atoms with Crippen molar-refractivity contribution in [2.45, 2.75) is 19.3 Å². The van der Waals surface area contributed by atoms with E-state index in [2.05, 4.69) is 20.3 Å². The second kappa shape index (κ2) is 8.01. The molecule has 0 aliphatic rings. The highest BCUT2D eigenvalue weighted by atomic mass is 16.5. The van der Waals surface area contributed by atoms with Crippen LogP contribution in [-0.4, -0.2) is 20.9 Å². The summed E-state index contributed by atoms with van der Waals surface area (Å²) < 4.78 is 5.57. The fourth-order valence-electron chi connectivity index (χ4n) is 2.37. The molecule has 1 atom stereocenters. The van der Waals surface area contributed by atoms with Crippen molar-refractivity contribution in [3.05, 3.63) is 72.9 Å². The average Bonchev–Trinajstić information content (AvgIpc) is 2.65. The van der Waals surface area contributed by atoms with Crippen molar-refractivity contribution in [1.29, 1.82) is 0 Å². The van der Waals surface area contributed by atoms with Crippen LogP contribution in [0.2, 0.25) is 0 Å². The van der Waals surface area contributed by atoms with Gasteiger partial charge < -0.3 is 10.1 Å². The molecule has 1 aromatic carbocycles. The van der Waals surface area contributed by atoms with Crippen molar-refractivity contribution < 1.29 is 9.53 Å². The summed E-state index contributed by atoms with van der Waals surface area (Å²) in [5.74, 6) is 1.14. The predicted octanol–water partition coefficient (Wildman–Crippen LogP) is 3.80. The Balaban J connectivity index is 1.55. The zero-order valence-corrected chi connectivity index (χ0v) is 13.8. The number of pyridine rings is 1. The van der Waals surface area contributed by atoms with Crippen LogP contribution in [0.3, 0.4) is 0 Å². The van der Waals surface area contributed by atoms with E-state index in [1.165, 1.54) is 6.20 Å². The third-order valence-corrected chi connectivity index (χ3v) is 3.67. The number of hydrogen-bond acceptors (Lipinski definition) is 5. The number of nitrogens with zero attached hydrogens (tertiary/aromatic N) is 3. The van der Waals surface area contributed by atoms with Gasteiger partial charge in [-0.1, -0.05) is 6.92 Å². The molecule has 1 amide bonds. The lowest BCUT2D eigenvalue weighted by atomic mass is 9.99. The van der Waals surface area contributed by atoms with Crippen LogP contribution in [0.4, 0.5) is 5.69 Å². The predicted molar refractivity (Wildman–Crippen MR) is 94.4 cm³/mol. The maximum atomic E-state index is 12.2. The lowest BCUT2D eigenvalue weighted by Crippen LogP contribution is -2.14. The Morgan fingerprint density at radius 1 is 1.04 bits per heavy atom. The highest BCUT2D eigenvalue weighted by Gasteiger charge is 2.11. The number of hydrogen-bond donors (Lipinski definition) is 1. The number of rotatable bonds is 6. The Morgan fingerprint density at radius 2 is 1.80 bits per heavy atom. The van der Waals surface area contributed by atoms with Crippen LogP contribution in [0.1, 0.15) is 24.8 Å². The second-order valence-corrected chi connectivity index (χ2v) is 5.60. The number of amides is 1. The molecule has 0 bridgehead atoms. The van der Waals surface area contributed by atoms with E-state index in [1.807, 2.05) is 19.1 Å². The van der Waals surface area contributed by atoms with Crippen LogP contribution in [0.5, 0.6) is 11.6 Å². The summed E-state index contributed by atoms with van der Waals surface area (Å²) in [5, 5.41) is 2.90. The first-order chi connectivity index (χ1) is 12.2. The van der Waals surface area contributed by atoms with E-state index in [0.29, 0.717) is 18.1 Å². The SMILES string of the molecule is CC(CC(=O)Nc1ccc(Oc2cnccn2)cc1)c1ccncc1. The van der Waals surface area contributed by atoms with Gasteiger partial charge in [0.15, 0.2) is 0 Å². The van der Waals surface area contributed by atoms with Crippen LogP contribution < -0.4 is 10.1 Å². The number of aromatic nitrogens is 3. The minimum Gasteiger partial charge on any atom is -0.438 e. The van der Waals surface area contributed by atoms with Gasteiger partial charge in [-0.25, -0.2) is 4.98 Å². The van der Waals surface area contributed by atoms with E-state index in [1.54, 1.807) is 49.1 Å². The van der Waals surface area contributed by atoms with Crippen molar-refractivity contribution in [2.24, 2.45) is 0 Å². The Bertz CT molecular complexity index is 808. The van der Waals surface area contributed by atoms with Crippen molar-refractivity contribution in [3.63, 3.8) is 0 Å². The Labute approximate surface area is 145 Å². The zero-order valence-electron chi connectivity index (χ0n) is 13.8. The number of carbonyl (C=O) groups is 1. The van der Waals surface area contributed by atoms with Gasteiger partial charge in [0.05, 0.1) is 6.20 Å². The van der Waals surface area contributed by atoms with Crippen LogP contribution >= 0.6 is 0 Å². The molecule has 25 heavy (non-hydrogen) atoms. The molecule has 0 aliphatic carbocycles. The normalized spacial score (nSPS) is 11.6. The molecule has 0 fully saturated rings. The van der Waals surface area contributed by atoms with Gasteiger partial charge in [-0.3, -0.25) is 14.8 Å². The Hall–Kier alpha value is -3.28. The molecule has 0 saturated heterocycles. The van der Waals surface area contributed by atoms with Gasteiger partial charge in [0.1, 0.15) is 5.75 Å². The van der Waals surface area contributed by atoms with Gasteiger partial charge in [-0.05, 0) is 47.9 Å². The molecular formula is C19H18N4O2.